The van der Waals surface area contributed by atoms with Gasteiger partial charge in [0.25, 0.3) is 0 Å². The van der Waals surface area contributed by atoms with Crippen LogP contribution in [-0.2, 0) is 15.6 Å². The Morgan fingerprint density at radius 3 is 2.61 bits per heavy atom. The van der Waals surface area contributed by atoms with Gasteiger partial charge in [0.15, 0.2) is 9.84 Å². The first kappa shape index (κ1) is 13.6. The van der Waals surface area contributed by atoms with Crippen molar-refractivity contribution in [1.82, 2.24) is 0 Å². The van der Waals surface area contributed by atoms with Gasteiger partial charge in [0.1, 0.15) is 0 Å². The summed E-state index contributed by atoms with van der Waals surface area (Å²) in [4.78, 5) is 1.01. The van der Waals surface area contributed by atoms with E-state index in [1.807, 2.05) is 6.07 Å². The van der Waals surface area contributed by atoms with Gasteiger partial charge >= 0.3 is 0 Å². The molecule has 0 aliphatic heterocycles. The van der Waals surface area contributed by atoms with Crippen molar-refractivity contribution >= 4 is 42.8 Å². The fourth-order valence-electron chi connectivity index (χ4n) is 1.62. The lowest BCUT2D eigenvalue weighted by atomic mass is 10.2. The number of benzene rings is 1. The second-order valence-electron chi connectivity index (χ2n) is 3.95. The summed E-state index contributed by atoms with van der Waals surface area (Å²) in [6.45, 7) is 1.80. The highest BCUT2D eigenvalue weighted by molar-refractivity contribution is 9.11. The number of hydrogen-bond donors (Lipinski definition) is 1. The molecule has 2 rings (SSSR count). The Morgan fingerprint density at radius 1 is 1.28 bits per heavy atom. The van der Waals surface area contributed by atoms with Crippen LogP contribution < -0.4 is 5.73 Å². The van der Waals surface area contributed by atoms with Gasteiger partial charge in [0.05, 0.1) is 20.1 Å². The van der Waals surface area contributed by atoms with E-state index in [1.165, 1.54) is 11.3 Å². The van der Waals surface area contributed by atoms with Gasteiger partial charge in [-0.1, -0.05) is 12.1 Å². The number of aryl methyl sites for hydroxylation is 1. The maximum Gasteiger partial charge on any atom is 0.185 e. The summed E-state index contributed by atoms with van der Waals surface area (Å²) in [7, 11) is -3.39. The van der Waals surface area contributed by atoms with E-state index in [0.29, 0.717) is 5.69 Å². The molecular formula is C12H12BrNO2S2. The van der Waals surface area contributed by atoms with Crippen molar-refractivity contribution in [2.45, 2.75) is 17.6 Å². The average Bonchev–Trinajstić information content (AvgIpc) is 2.67. The molecule has 18 heavy (non-hydrogen) atoms. The molecule has 2 aromatic rings. The first-order valence-corrected chi connectivity index (χ1v) is 8.48. The zero-order chi connectivity index (χ0) is 13.3. The van der Waals surface area contributed by atoms with Crippen LogP contribution in [-0.4, -0.2) is 8.42 Å². The number of rotatable bonds is 3. The lowest BCUT2D eigenvalue weighted by Gasteiger charge is -2.08. The molecule has 3 nitrogen and oxygen atoms in total. The summed E-state index contributed by atoms with van der Waals surface area (Å²) in [6.07, 6.45) is 0. The Kier molecular flexibility index (Phi) is 3.79. The van der Waals surface area contributed by atoms with Crippen molar-refractivity contribution in [3.05, 3.63) is 44.6 Å². The second-order valence-corrected chi connectivity index (χ2v) is 8.46. The molecule has 1 aromatic carbocycles. The van der Waals surface area contributed by atoms with Crippen LogP contribution in [0.4, 0.5) is 5.69 Å². The van der Waals surface area contributed by atoms with Crippen LogP contribution in [0.2, 0.25) is 0 Å². The number of nitrogen functional groups attached to an aromatic ring is 1. The average molecular weight is 346 g/mol. The molecule has 0 radical (unpaired) electrons. The largest absolute Gasteiger partial charge is 0.397 e. The Bertz CT molecular complexity index is 677. The fourth-order valence-corrected chi connectivity index (χ4v) is 5.01. The van der Waals surface area contributed by atoms with Gasteiger partial charge in [-0.3, -0.25) is 0 Å². The Balaban J connectivity index is 2.40. The monoisotopic (exact) mass is 345 g/mol. The summed E-state index contributed by atoms with van der Waals surface area (Å²) in [5.74, 6) is -0.0169. The molecule has 0 unspecified atom stereocenters. The minimum atomic E-state index is -3.39. The first-order valence-electron chi connectivity index (χ1n) is 5.22. The number of thiophene rings is 1. The number of sulfone groups is 1. The predicted octanol–water partition coefficient (Wildman–Crippen LogP) is 3.38. The molecule has 1 heterocycles. The van der Waals surface area contributed by atoms with E-state index in [-0.39, 0.29) is 10.6 Å². The molecule has 0 saturated heterocycles. The number of anilines is 1. The normalized spacial score (nSPS) is 11.7. The van der Waals surface area contributed by atoms with Crippen molar-refractivity contribution in [2.75, 3.05) is 5.73 Å². The molecule has 0 aliphatic carbocycles. The molecule has 0 aliphatic rings. The van der Waals surface area contributed by atoms with Crippen LogP contribution >= 0.6 is 27.3 Å². The lowest BCUT2D eigenvalue weighted by molar-refractivity contribution is 0.596. The van der Waals surface area contributed by atoms with E-state index in [1.54, 1.807) is 31.2 Å². The van der Waals surface area contributed by atoms with E-state index in [0.717, 1.165) is 14.2 Å². The molecule has 0 atom stereocenters. The van der Waals surface area contributed by atoms with Crippen molar-refractivity contribution < 1.29 is 8.42 Å². The van der Waals surface area contributed by atoms with Crippen LogP contribution in [0.1, 0.15) is 10.4 Å². The van der Waals surface area contributed by atoms with Crippen LogP contribution in [0.15, 0.2) is 39.0 Å². The third kappa shape index (κ3) is 2.76. The maximum absolute atomic E-state index is 12.3. The molecule has 1 aromatic heterocycles. The topological polar surface area (TPSA) is 60.2 Å². The molecule has 0 amide bonds. The molecule has 96 valence electrons. The minimum absolute atomic E-state index is 0.0169. The van der Waals surface area contributed by atoms with E-state index in [9.17, 15) is 8.42 Å². The fraction of sp³-hybridized carbons (Fsp3) is 0.167. The van der Waals surface area contributed by atoms with Crippen LogP contribution in [0, 0.1) is 6.92 Å². The van der Waals surface area contributed by atoms with E-state index >= 15 is 0 Å². The predicted molar refractivity (Wildman–Crippen MR) is 78.5 cm³/mol. The molecule has 6 heteroatoms. The maximum atomic E-state index is 12.3. The van der Waals surface area contributed by atoms with Gasteiger partial charge < -0.3 is 5.73 Å². The van der Waals surface area contributed by atoms with Crippen LogP contribution in [0.5, 0.6) is 0 Å². The van der Waals surface area contributed by atoms with Gasteiger partial charge in [-0.15, -0.1) is 11.3 Å². The number of nitrogens with two attached hydrogens (primary N) is 1. The lowest BCUT2D eigenvalue weighted by Crippen LogP contribution is -2.08. The number of hydrogen-bond acceptors (Lipinski definition) is 4. The summed E-state index contributed by atoms with van der Waals surface area (Å²) >= 11 is 4.74. The summed E-state index contributed by atoms with van der Waals surface area (Å²) in [6, 6.07) is 8.72. The minimum Gasteiger partial charge on any atom is -0.397 e. The van der Waals surface area contributed by atoms with Crippen molar-refractivity contribution in [3.8, 4) is 0 Å². The van der Waals surface area contributed by atoms with Gasteiger partial charge in [-0.2, -0.15) is 0 Å². The quantitative estimate of drug-likeness (QED) is 0.867. The Labute approximate surface area is 119 Å². The number of halogens is 1. The third-order valence-electron chi connectivity index (χ3n) is 2.58. The third-order valence-corrected chi connectivity index (χ3v) is 6.10. The molecule has 0 spiro atoms. The van der Waals surface area contributed by atoms with Crippen LogP contribution in [0.25, 0.3) is 0 Å². The summed E-state index contributed by atoms with van der Waals surface area (Å²) < 4.78 is 25.5. The molecule has 0 bridgehead atoms. The first-order chi connectivity index (χ1) is 8.40. The SMILES string of the molecule is Cc1cccc(S(=O)(=O)Cc2ccc(Br)s2)c1N. The Morgan fingerprint density at radius 2 is 2.00 bits per heavy atom. The molecule has 0 fully saturated rings. The highest BCUT2D eigenvalue weighted by atomic mass is 79.9. The highest BCUT2D eigenvalue weighted by Gasteiger charge is 2.19. The van der Waals surface area contributed by atoms with E-state index in [4.69, 9.17) is 5.73 Å². The van der Waals surface area contributed by atoms with E-state index in [2.05, 4.69) is 15.9 Å². The molecule has 2 N–H and O–H groups in total. The highest BCUT2D eigenvalue weighted by Crippen LogP contribution is 2.29. The van der Waals surface area contributed by atoms with Crippen LogP contribution in [0.3, 0.4) is 0 Å². The van der Waals surface area contributed by atoms with Gasteiger partial charge in [-0.05, 0) is 46.6 Å². The van der Waals surface area contributed by atoms with Crippen molar-refractivity contribution in [2.24, 2.45) is 0 Å². The zero-order valence-electron chi connectivity index (χ0n) is 9.68. The molecular weight excluding hydrogens is 334 g/mol. The summed E-state index contributed by atoms with van der Waals surface area (Å²) in [5, 5.41) is 0. The van der Waals surface area contributed by atoms with Gasteiger partial charge in [-0.25, -0.2) is 8.42 Å². The van der Waals surface area contributed by atoms with Crippen molar-refractivity contribution in [1.29, 1.82) is 0 Å². The second kappa shape index (κ2) is 5.03. The summed E-state index contributed by atoms with van der Waals surface area (Å²) in [5.41, 5.74) is 6.96. The standard InChI is InChI=1S/C12H12BrNO2S2/c1-8-3-2-4-10(12(8)14)18(15,16)7-9-5-6-11(13)17-9/h2-6H,7,14H2,1H3. The van der Waals surface area contributed by atoms with Gasteiger partial charge in [0, 0.05) is 4.88 Å². The van der Waals surface area contributed by atoms with Crippen molar-refractivity contribution in [3.63, 3.8) is 0 Å². The number of para-hydroxylation sites is 1. The van der Waals surface area contributed by atoms with Gasteiger partial charge in [0.2, 0.25) is 0 Å². The zero-order valence-corrected chi connectivity index (χ0v) is 12.9. The molecule has 0 saturated carbocycles. The van der Waals surface area contributed by atoms with E-state index < -0.39 is 9.84 Å². The Hall–Kier alpha value is -0.850. The smallest absolute Gasteiger partial charge is 0.185 e.